The summed E-state index contributed by atoms with van der Waals surface area (Å²) < 4.78 is 4.93. The van der Waals surface area contributed by atoms with Crippen molar-refractivity contribution in [3.63, 3.8) is 0 Å². The van der Waals surface area contributed by atoms with E-state index in [4.69, 9.17) is 4.74 Å². The lowest BCUT2D eigenvalue weighted by Crippen LogP contribution is -2.57. The third-order valence-corrected chi connectivity index (χ3v) is 6.82. The van der Waals surface area contributed by atoms with Gasteiger partial charge in [-0.25, -0.2) is 9.78 Å². The smallest absolute Gasteiger partial charge is 0.358 e. The summed E-state index contributed by atoms with van der Waals surface area (Å²) >= 11 is 0. The van der Waals surface area contributed by atoms with Gasteiger partial charge in [-0.2, -0.15) is 0 Å². The number of rotatable bonds is 5. The number of carbonyl (C=O) groups is 2. The Labute approximate surface area is 189 Å². The van der Waals surface area contributed by atoms with E-state index in [9.17, 15) is 19.7 Å². The van der Waals surface area contributed by atoms with Gasteiger partial charge in [0.2, 0.25) is 11.9 Å². The number of anilines is 1. The number of hydrogen-bond donors (Lipinski definition) is 2. The molecule has 168 valence electrons. The van der Waals surface area contributed by atoms with Gasteiger partial charge in [0.05, 0.1) is 12.0 Å². The van der Waals surface area contributed by atoms with Gasteiger partial charge in [0.1, 0.15) is 0 Å². The number of hydrogen-bond acceptors (Lipinski definition) is 6. The van der Waals surface area contributed by atoms with E-state index in [1.807, 2.05) is 24.3 Å². The first-order chi connectivity index (χ1) is 15.8. The van der Waals surface area contributed by atoms with Gasteiger partial charge in [-0.15, -0.1) is 0 Å². The zero-order chi connectivity index (χ0) is 23.4. The van der Waals surface area contributed by atoms with Crippen LogP contribution in [-0.4, -0.2) is 33.4 Å². The van der Waals surface area contributed by atoms with Gasteiger partial charge in [0.15, 0.2) is 5.69 Å². The lowest BCUT2D eigenvalue weighted by molar-refractivity contribution is -0.573. The average Bonchev–Trinajstić information content (AvgIpc) is 3.28. The maximum absolute atomic E-state index is 13.7. The van der Waals surface area contributed by atoms with E-state index in [0.29, 0.717) is 11.1 Å². The Morgan fingerprint density at radius 2 is 1.79 bits per heavy atom. The van der Waals surface area contributed by atoms with Crippen LogP contribution in [0.4, 0.5) is 5.95 Å². The van der Waals surface area contributed by atoms with Gasteiger partial charge in [0.25, 0.3) is 5.54 Å². The molecule has 2 aromatic carbocycles. The van der Waals surface area contributed by atoms with Crippen LogP contribution >= 0.6 is 0 Å². The van der Waals surface area contributed by atoms with Crippen molar-refractivity contribution in [1.82, 2.24) is 9.97 Å². The van der Waals surface area contributed by atoms with E-state index in [0.717, 1.165) is 11.1 Å². The van der Waals surface area contributed by atoms with Crippen molar-refractivity contribution in [2.24, 2.45) is 5.41 Å². The molecule has 1 atom stereocenters. The van der Waals surface area contributed by atoms with E-state index >= 15 is 0 Å². The van der Waals surface area contributed by atoms with Gasteiger partial charge in [-0.3, -0.25) is 20.2 Å². The zero-order valence-corrected chi connectivity index (χ0v) is 18.1. The summed E-state index contributed by atoms with van der Waals surface area (Å²) in [4.78, 5) is 44.8. The highest BCUT2D eigenvalue weighted by atomic mass is 16.6. The predicted molar refractivity (Wildman–Crippen MR) is 118 cm³/mol. The molecule has 0 fully saturated rings. The Kier molecular flexibility index (Phi) is 4.59. The van der Waals surface area contributed by atoms with E-state index in [1.54, 1.807) is 38.1 Å². The number of carbonyl (C=O) groups excluding carboxylic acids is 2. The number of nitrogens with zero attached hydrogens (tertiary/aromatic N) is 2. The lowest BCUT2D eigenvalue weighted by Gasteiger charge is -2.52. The second-order valence-electron chi connectivity index (χ2n) is 8.63. The number of nitrogens with one attached hydrogen (secondary N) is 2. The van der Waals surface area contributed by atoms with Crippen LogP contribution in [0.5, 0.6) is 0 Å². The molecule has 3 aliphatic carbocycles. The first-order valence-electron chi connectivity index (χ1n) is 10.7. The molecule has 33 heavy (non-hydrogen) atoms. The summed E-state index contributed by atoms with van der Waals surface area (Å²) in [5.74, 6) is -1.30. The molecular formula is C24H22N4O5. The van der Waals surface area contributed by atoms with Gasteiger partial charge < -0.3 is 9.72 Å². The molecule has 0 spiro atoms. The van der Waals surface area contributed by atoms with Crippen molar-refractivity contribution in [2.45, 2.75) is 31.7 Å². The number of H-pyrrole nitrogens is 1. The van der Waals surface area contributed by atoms with Gasteiger partial charge >= 0.3 is 5.97 Å². The van der Waals surface area contributed by atoms with Crippen LogP contribution in [-0.2, 0) is 15.1 Å². The molecule has 9 heteroatoms. The molecule has 1 amide bonds. The van der Waals surface area contributed by atoms with Crippen molar-refractivity contribution in [2.75, 3.05) is 11.9 Å². The normalized spacial score (nSPS) is 24.5. The molecule has 1 unspecified atom stereocenters. The van der Waals surface area contributed by atoms with E-state index in [1.165, 1.54) is 6.20 Å². The Hall–Kier alpha value is -4.01. The number of ether oxygens (including phenoxy) is 1. The third kappa shape index (κ3) is 2.81. The minimum Gasteiger partial charge on any atom is -0.461 e. The van der Waals surface area contributed by atoms with Crippen LogP contribution < -0.4 is 5.32 Å². The molecule has 3 aromatic rings. The summed E-state index contributed by atoms with van der Waals surface area (Å²) in [6.07, 6.45) is 1.36. The average molecular weight is 446 g/mol. The van der Waals surface area contributed by atoms with Gasteiger partial charge in [-0.1, -0.05) is 48.5 Å². The number of benzene rings is 2. The molecule has 2 N–H and O–H groups in total. The number of fused-ring (bicyclic) bond motifs is 1. The van der Waals surface area contributed by atoms with E-state index < -0.39 is 22.8 Å². The summed E-state index contributed by atoms with van der Waals surface area (Å²) in [5.41, 5.74) is 0.199. The summed E-state index contributed by atoms with van der Waals surface area (Å²) in [7, 11) is 0. The lowest BCUT2D eigenvalue weighted by atomic mass is 9.49. The molecule has 0 saturated heterocycles. The highest BCUT2D eigenvalue weighted by Gasteiger charge is 2.67. The van der Waals surface area contributed by atoms with Crippen LogP contribution in [0.3, 0.4) is 0 Å². The van der Waals surface area contributed by atoms with Crippen LogP contribution in [0.2, 0.25) is 0 Å². The van der Waals surface area contributed by atoms with Crippen LogP contribution in [0.25, 0.3) is 0 Å². The van der Waals surface area contributed by atoms with Crippen molar-refractivity contribution in [3.8, 4) is 0 Å². The van der Waals surface area contributed by atoms with Gasteiger partial charge in [-0.05, 0) is 25.0 Å². The zero-order valence-electron chi connectivity index (χ0n) is 18.1. The summed E-state index contributed by atoms with van der Waals surface area (Å²) in [6, 6.07) is 14.6. The molecule has 9 nitrogen and oxygen atoms in total. The van der Waals surface area contributed by atoms with Crippen LogP contribution in [0, 0.1) is 15.5 Å². The molecule has 1 aromatic heterocycles. The van der Waals surface area contributed by atoms with Crippen molar-refractivity contribution < 1.29 is 19.2 Å². The number of imidazole rings is 1. The second-order valence-corrected chi connectivity index (χ2v) is 8.63. The highest BCUT2D eigenvalue weighted by Crippen LogP contribution is 2.63. The SMILES string of the molecule is CCOC(=O)c1c[nH]c(NC(=O)C2(C)CC3([N+](=O)[O-])c4ccccc4C2c2ccccc23)n1. The third-order valence-electron chi connectivity index (χ3n) is 6.82. The molecule has 0 saturated carbocycles. The fourth-order valence-electron chi connectivity index (χ4n) is 5.49. The molecular weight excluding hydrogens is 424 g/mol. The minimum atomic E-state index is -1.53. The highest BCUT2D eigenvalue weighted by molar-refractivity contribution is 5.97. The summed E-state index contributed by atoms with van der Waals surface area (Å²) in [5, 5.41) is 15.4. The molecule has 6 rings (SSSR count). The topological polar surface area (TPSA) is 127 Å². The fraction of sp³-hybridized carbons (Fsp3) is 0.292. The number of aromatic nitrogens is 2. The van der Waals surface area contributed by atoms with E-state index in [-0.39, 0.29) is 35.5 Å². The second kappa shape index (κ2) is 7.26. The molecule has 1 heterocycles. The van der Waals surface area contributed by atoms with E-state index in [2.05, 4.69) is 15.3 Å². The number of amides is 1. The van der Waals surface area contributed by atoms with Crippen molar-refractivity contribution >= 4 is 17.8 Å². The van der Waals surface area contributed by atoms with Crippen LogP contribution in [0.1, 0.15) is 58.9 Å². The number of aromatic amines is 1. The Morgan fingerprint density at radius 3 is 2.36 bits per heavy atom. The van der Waals surface area contributed by atoms with Crippen LogP contribution in [0.15, 0.2) is 54.7 Å². The maximum atomic E-state index is 13.7. The molecule has 0 aliphatic heterocycles. The Balaban J connectivity index is 1.59. The number of esters is 1. The standard InChI is InChI=1S/C24H22N4O5/c1-3-33-20(29)18-12-25-22(26-18)27-21(30)23(2)13-24(28(31)32)16-10-6-4-8-14(16)19(23)15-9-5-7-11-17(15)24/h4-12,19H,3,13H2,1-2H3,(H2,25,26,27,30). The fourth-order valence-corrected chi connectivity index (χ4v) is 5.49. The van der Waals surface area contributed by atoms with Crippen molar-refractivity contribution in [1.29, 1.82) is 0 Å². The van der Waals surface area contributed by atoms with Crippen molar-refractivity contribution in [3.05, 3.63) is 92.8 Å². The molecule has 2 bridgehead atoms. The number of nitro groups is 1. The Bertz CT molecular complexity index is 1250. The van der Waals surface area contributed by atoms with Gasteiger partial charge in [0, 0.05) is 34.6 Å². The molecule has 3 aliphatic rings. The minimum absolute atomic E-state index is 0.00295. The Morgan fingerprint density at radius 1 is 1.18 bits per heavy atom. The largest absolute Gasteiger partial charge is 0.461 e. The summed E-state index contributed by atoms with van der Waals surface area (Å²) in [6.45, 7) is 3.65. The first-order valence-corrected chi connectivity index (χ1v) is 10.7. The first kappa shape index (κ1) is 20.9. The molecule has 0 radical (unpaired) electrons. The maximum Gasteiger partial charge on any atom is 0.358 e. The predicted octanol–water partition coefficient (Wildman–Crippen LogP) is 3.60. The monoisotopic (exact) mass is 446 g/mol. The quantitative estimate of drug-likeness (QED) is 0.350.